The molecule has 2 amide bonds. The predicted molar refractivity (Wildman–Crippen MR) is 144 cm³/mol. The molecular formula is C30H31FN2O5. The Kier molecular flexibility index (Phi) is 8.43. The molecule has 0 unspecified atom stereocenters. The van der Waals surface area contributed by atoms with Gasteiger partial charge in [0.1, 0.15) is 29.5 Å². The van der Waals surface area contributed by atoms with Crippen molar-refractivity contribution < 1.29 is 27.9 Å². The number of nitrogens with two attached hydrogens (primary N) is 1. The highest BCUT2D eigenvalue weighted by atomic mass is 19.1. The summed E-state index contributed by atoms with van der Waals surface area (Å²) in [6.07, 6.45) is 0.429. The summed E-state index contributed by atoms with van der Waals surface area (Å²) in [6.45, 7) is 5.42. The first kappa shape index (κ1) is 26.9. The average Bonchev–Trinajstić information content (AvgIpc) is 3.27. The van der Waals surface area contributed by atoms with Crippen LogP contribution in [0, 0.1) is 11.7 Å². The third-order valence-corrected chi connectivity index (χ3v) is 6.04. The van der Waals surface area contributed by atoms with Crippen LogP contribution in [-0.4, -0.2) is 38.7 Å². The minimum atomic E-state index is -0.646. The Bertz CT molecular complexity index is 1440. The molecule has 7 nitrogen and oxygen atoms in total. The molecule has 38 heavy (non-hydrogen) atoms. The number of primary amides is 1. The van der Waals surface area contributed by atoms with Gasteiger partial charge in [-0.05, 0) is 71.6 Å². The fourth-order valence-electron chi connectivity index (χ4n) is 4.16. The Morgan fingerprint density at radius 2 is 1.79 bits per heavy atom. The number of benzene rings is 3. The van der Waals surface area contributed by atoms with Crippen LogP contribution in [0.5, 0.6) is 5.75 Å². The molecule has 3 N–H and O–H groups in total. The van der Waals surface area contributed by atoms with Crippen molar-refractivity contribution in [2.75, 3.05) is 26.9 Å². The van der Waals surface area contributed by atoms with Crippen molar-refractivity contribution >= 4 is 22.8 Å². The van der Waals surface area contributed by atoms with Crippen LogP contribution in [0.2, 0.25) is 0 Å². The van der Waals surface area contributed by atoms with Crippen molar-refractivity contribution in [1.82, 2.24) is 5.32 Å². The highest BCUT2D eigenvalue weighted by Crippen LogP contribution is 2.35. The second-order valence-electron chi connectivity index (χ2n) is 9.45. The molecule has 0 saturated heterocycles. The number of carbonyl (C=O) groups is 2. The molecular weight excluding hydrogens is 487 g/mol. The highest BCUT2D eigenvalue weighted by molar-refractivity contribution is 6.10. The third-order valence-electron chi connectivity index (χ3n) is 6.04. The first-order chi connectivity index (χ1) is 18.3. The van der Waals surface area contributed by atoms with Crippen LogP contribution < -0.4 is 15.8 Å². The molecule has 0 radical (unpaired) electrons. The molecule has 1 heterocycles. The van der Waals surface area contributed by atoms with Gasteiger partial charge in [0, 0.05) is 36.6 Å². The van der Waals surface area contributed by atoms with Gasteiger partial charge in [-0.25, -0.2) is 4.39 Å². The minimum Gasteiger partial charge on any atom is -0.491 e. The van der Waals surface area contributed by atoms with E-state index in [4.69, 9.17) is 19.6 Å². The summed E-state index contributed by atoms with van der Waals surface area (Å²) in [4.78, 5) is 25.2. The summed E-state index contributed by atoms with van der Waals surface area (Å²) in [5.41, 5.74) is 9.20. The second kappa shape index (κ2) is 11.9. The number of amides is 2. The van der Waals surface area contributed by atoms with Gasteiger partial charge in [-0.1, -0.05) is 19.9 Å². The predicted octanol–water partition coefficient (Wildman–Crippen LogP) is 5.34. The fourth-order valence-corrected chi connectivity index (χ4v) is 4.16. The Morgan fingerprint density at radius 3 is 2.47 bits per heavy atom. The van der Waals surface area contributed by atoms with Gasteiger partial charge >= 0.3 is 0 Å². The maximum absolute atomic E-state index is 13.4. The largest absolute Gasteiger partial charge is 0.491 e. The molecule has 4 rings (SSSR count). The summed E-state index contributed by atoms with van der Waals surface area (Å²) in [5, 5.41) is 3.50. The van der Waals surface area contributed by atoms with E-state index in [0.29, 0.717) is 59.9 Å². The topological polar surface area (TPSA) is 104 Å². The van der Waals surface area contributed by atoms with Crippen molar-refractivity contribution in [3.05, 3.63) is 88.7 Å². The lowest BCUT2D eigenvalue weighted by Gasteiger charge is -2.14. The summed E-state index contributed by atoms with van der Waals surface area (Å²) in [7, 11) is 1.60. The van der Waals surface area contributed by atoms with Gasteiger partial charge < -0.3 is 24.9 Å². The van der Waals surface area contributed by atoms with Gasteiger partial charge in [0.2, 0.25) is 0 Å². The molecule has 3 aromatic carbocycles. The number of halogens is 1. The number of nitrogens with one attached hydrogen (secondary N) is 1. The summed E-state index contributed by atoms with van der Waals surface area (Å²) >= 11 is 0. The maximum Gasteiger partial charge on any atom is 0.253 e. The van der Waals surface area contributed by atoms with E-state index >= 15 is 0 Å². The van der Waals surface area contributed by atoms with Crippen molar-refractivity contribution in [2.24, 2.45) is 11.7 Å². The zero-order valence-electron chi connectivity index (χ0n) is 21.7. The van der Waals surface area contributed by atoms with Crippen LogP contribution in [0.25, 0.3) is 22.3 Å². The quantitative estimate of drug-likeness (QED) is 0.261. The van der Waals surface area contributed by atoms with E-state index in [1.807, 2.05) is 32.0 Å². The molecule has 0 aliphatic heterocycles. The summed E-state index contributed by atoms with van der Waals surface area (Å²) in [6, 6.07) is 16.5. The Labute approximate surface area is 220 Å². The zero-order valence-corrected chi connectivity index (χ0v) is 21.7. The maximum atomic E-state index is 13.4. The van der Waals surface area contributed by atoms with Crippen LogP contribution >= 0.6 is 0 Å². The highest BCUT2D eigenvalue weighted by Gasteiger charge is 2.21. The molecule has 0 atom stereocenters. The van der Waals surface area contributed by atoms with E-state index in [-0.39, 0.29) is 17.2 Å². The third kappa shape index (κ3) is 6.20. The van der Waals surface area contributed by atoms with Gasteiger partial charge in [-0.2, -0.15) is 0 Å². The van der Waals surface area contributed by atoms with Gasteiger partial charge in [0.15, 0.2) is 0 Å². The first-order valence-corrected chi connectivity index (χ1v) is 12.4. The van der Waals surface area contributed by atoms with Gasteiger partial charge in [0.05, 0.1) is 12.2 Å². The molecule has 1 aromatic heterocycles. The normalized spacial score (nSPS) is 11.2. The standard InChI is InChI=1S/C30H31FN2O5/c1-18(2)17-33-30(35)21-7-11-25(37-13-12-36-3)22(16-21)14-19-4-10-26-24(15-19)27(29(32)34)28(38-26)20-5-8-23(31)9-6-20/h4-11,15-16,18H,12-14,17H2,1-3H3,(H2,32,34)(H,33,35). The SMILES string of the molecule is COCCOc1ccc(C(=O)NCC(C)C)cc1Cc1ccc2oc(-c3ccc(F)cc3)c(C(N)=O)c2c1. The van der Waals surface area contributed by atoms with E-state index in [0.717, 1.165) is 11.1 Å². The monoisotopic (exact) mass is 518 g/mol. The molecule has 8 heteroatoms. The summed E-state index contributed by atoms with van der Waals surface area (Å²) in [5.74, 6) is 0.0580. The van der Waals surface area contributed by atoms with Crippen molar-refractivity contribution in [1.29, 1.82) is 0 Å². The number of carbonyl (C=O) groups excluding carboxylic acids is 2. The Morgan fingerprint density at radius 1 is 1.03 bits per heavy atom. The molecule has 0 aliphatic rings. The van der Waals surface area contributed by atoms with Crippen LogP contribution in [0.1, 0.15) is 45.7 Å². The van der Waals surface area contributed by atoms with Gasteiger partial charge in [-0.3, -0.25) is 9.59 Å². The van der Waals surface area contributed by atoms with Crippen LogP contribution in [0.4, 0.5) is 4.39 Å². The number of hydrogen-bond donors (Lipinski definition) is 2. The zero-order chi connectivity index (χ0) is 27.2. The van der Waals surface area contributed by atoms with Crippen molar-refractivity contribution in [3.63, 3.8) is 0 Å². The number of hydrogen-bond acceptors (Lipinski definition) is 5. The molecule has 198 valence electrons. The molecule has 0 aliphatic carbocycles. The van der Waals surface area contributed by atoms with Crippen LogP contribution in [-0.2, 0) is 11.2 Å². The lowest BCUT2D eigenvalue weighted by Crippen LogP contribution is -2.27. The molecule has 0 fully saturated rings. The minimum absolute atomic E-state index is 0.159. The lowest BCUT2D eigenvalue weighted by atomic mass is 9.98. The van der Waals surface area contributed by atoms with Crippen LogP contribution in [0.3, 0.4) is 0 Å². The average molecular weight is 519 g/mol. The number of furan rings is 1. The van der Waals surface area contributed by atoms with Crippen LogP contribution in [0.15, 0.2) is 65.1 Å². The van der Waals surface area contributed by atoms with E-state index in [1.165, 1.54) is 12.1 Å². The Balaban J connectivity index is 1.71. The van der Waals surface area contributed by atoms with Gasteiger partial charge in [0.25, 0.3) is 11.8 Å². The smallest absolute Gasteiger partial charge is 0.253 e. The first-order valence-electron chi connectivity index (χ1n) is 12.4. The van der Waals surface area contributed by atoms with E-state index in [9.17, 15) is 14.0 Å². The number of fused-ring (bicyclic) bond motifs is 1. The van der Waals surface area contributed by atoms with Crippen molar-refractivity contribution in [2.45, 2.75) is 20.3 Å². The molecule has 4 aromatic rings. The molecule has 0 spiro atoms. The molecule has 0 saturated carbocycles. The number of methoxy groups -OCH3 is 1. The second-order valence-corrected chi connectivity index (χ2v) is 9.45. The number of rotatable bonds is 11. The molecule has 0 bridgehead atoms. The lowest BCUT2D eigenvalue weighted by molar-refractivity contribution is 0.0947. The van der Waals surface area contributed by atoms with E-state index in [1.54, 1.807) is 37.4 Å². The Hall–Kier alpha value is -4.17. The fraction of sp³-hybridized carbons (Fsp3) is 0.267. The van der Waals surface area contributed by atoms with Gasteiger partial charge in [-0.15, -0.1) is 0 Å². The van der Waals surface area contributed by atoms with E-state index < -0.39 is 11.7 Å². The summed E-state index contributed by atoms with van der Waals surface area (Å²) < 4.78 is 30.4. The van der Waals surface area contributed by atoms with E-state index in [2.05, 4.69) is 5.32 Å². The number of ether oxygens (including phenoxy) is 2. The van der Waals surface area contributed by atoms with Crippen molar-refractivity contribution in [3.8, 4) is 17.1 Å².